The Morgan fingerprint density at radius 3 is 2.78 bits per heavy atom. The molecular formula is C14H25N3S. The van der Waals surface area contributed by atoms with E-state index in [2.05, 4.69) is 36.1 Å². The number of hydrogen-bond donors (Lipinski definition) is 1. The molecule has 4 heteroatoms. The number of nitrogens with one attached hydrogen (secondary N) is 1. The zero-order valence-corrected chi connectivity index (χ0v) is 12.8. The summed E-state index contributed by atoms with van der Waals surface area (Å²) in [7, 11) is 0. The fourth-order valence-electron chi connectivity index (χ4n) is 1.51. The van der Waals surface area contributed by atoms with Gasteiger partial charge in [-0.05, 0) is 25.0 Å². The smallest absolute Gasteiger partial charge is 0.140 e. The largest absolute Gasteiger partial charge is 0.370 e. The van der Waals surface area contributed by atoms with E-state index in [0.29, 0.717) is 0 Å². The lowest BCUT2D eigenvalue weighted by Gasteiger charge is -2.09. The van der Waals surface area contributed by atoms with Gasteiger partial charge in [-0.1, -0.05) is 27.2 Å². The molecule has 0 aromatic carbocycles. The van der Waals surface area contributed by atoms with Gasteiger partial charge >= 0.3 is 0 Å². The second-order valence-electron chi connectivity index (χ2n) is 4.77. The number of nitrogens with zero attached hydrogens (tertiary/aromatic N) is 2. The van der Waals surface area contributed by atoms with Crippen molar-refractivity contribution in [3.63, 3.8) is 0 Å². The van der Waals surface area contributed by atoms with Crippen molar-refractivity contribution in [2.24, 2.45) is 5.92 Å². The van der Waals surface area contributed by atoms with E-state index in [4.69, 9.17) is 0 Å². The first-order chi connectivity index (χ1) is 8.65. The van der Waals surface area contributed by atoms with E-state index in [9.17, 15) is 0 Å². The monoisotopic (exact) mass is 267 g/mol. The van der Waals surface area contributed by atoms with Crippen LogP contribution in [0.1, 0.15) is 45.1 Å². The minimum absolute atomic E-state index is 0.775. The highest BCUT2D eigenvalue weighted by Crippen LogP contribution is 2.16. The summed E-state index contributed by atoms with van der Waals surface area (Å²) >= 11 is 1.93. The van der Waals surface area contributed by atoms with Crippen molar-refractivity contribution in [2.75, 3.05) is 17.6 Å². The van der Waals surface area contributed by atoms with Crippen LogP contribution in [0.5, 0.6) is 0 Å². The molecule has 1 heterocycles. The van der Waals surface area contributed by atoms with Gasteiger partial charge in [0.25, 0.3) is 0 Å². The van der Waals surface area contributed by atoms with Gasteiger partial charge in [0.2, 0.25) is 0 Å². The molecule has 0 fully saturated rings. The van der Waals surface area contributed by atoms with Crippen LogP contribution in [0.25, 0.3) is 0 Å². The van der Waals surface area contributed by atoms with Gasteiger partial charge in [0.05, 0.1) is 5.75 Å². The van der Waals surface area contributed by atoms with E-state index in [1.165, 1.54) is 12.2 Å². The van der Waals surface area contributed by atoms with Gasteiger partial charge in [0.15, 0.2) is 0 Å². The first kappa shape index (κ1) is 15.3. The van der Waals surface area contributed by atoms with Crippen LogP contribution < -0.4 is 5.32 Å². The van der Waals surface area contributed by atoms with Gasteiger partial charge in [-0.2, -0.15) is 11.8 Å². The first-order valence-corrected chi connectivity index (χ1v) is 7.97. The zero-order chi connectivity index (χ0) is 13.4. The number of aryl methyl sites for hydroxylation is 1. The van der Waals surface area contributed by atoms with Crippen LogP contribution in [0.3, 0.4) is 0 Å². The Kier molecular flexibility index (Phi) is 7.09. The third-order valence-electron chi connectivity index (χ3n) is 2.79. The maximum atomic E-state index is 4.55. The van der Waals surface area contributed by atoms with E-state index >= 15 is 0 Å². The molecule has 0 bridgehead atoms. The molecule has 1 atom stereocenters. The van der Waals surface area contributed by atoms with Gasteiger partial charge in [-0.25, -0.2) is 9.97 Å². The van der Waals surface area contributed by atoms with Crippen LogP contribution in [0.15, 0.2) is 6.07 Å². The predicted octanol–water partition coefficient (Wildman–Crippen LogP) is 3.89. The maximum absolute atomic E-state index is 4.55. The summed E-state index contributed by atoms with van der Waals surface area (Å²) in [5.74, 6) is 4.78. The Morgan fingerprint density at radius 2 is 2.11 bits per heavy atom. The van der Waals surface area contributed by atoms with Crippen LogP contribution in [-0.2, 0) is 5.75 Å². The normalized spacial score (nSPS) is 12.4. The summed E-state index contributed by atoms with van der Waals surface area (Å²) in [5.41, 5.74) is 1.04. The molecule has 0 saturated carbocycles. The molecular weight excluding hydrogens is 242 g/mol. The minimum atomic E-state index is 0.775. The quantitative estimate of drug-likeness (QED) is 0.775. The highest BCUT2D eigenvalue weighted by molar-refractivity contribution is 7.98. The highest BCUT2D eigenvalue weighted by atomic mass is 32.2. The van der Waals surface area contributed by atoms with E-state index in [1.807, 2.05) is 24.8 Å². The van der Waals surface area contributed by atoms with Gasteiger partial charge in [0.1, 0.15) is 11.6 Å². The van der Waals surface area contributed by atoms with Crippen LogP contribution >= 0.6 is 11.8 Å². The number of anilines is 1. The maximum Gasteiger partial charge on any atom is 0.140 e. The molecule has 0 amide bonds. The van der Waals surface area contributed by atoms with Crippen LogP contribution in [0.2, 0.25) is 0 Å². The summed E-state index contributed by atoms with van der Waals surface area (Å²) in [4.78, 5) is 9.04. The third-order valence-corrected chi connectivity index (χ3v) is 4.05. The predicted molar refractivity (Wildman–Crippen MR) is 81.2 cm³/mol. The van der Waals surface area contributed by atoms with Crippen LogP contribution in [0.4, 0.5) is 5.82 Å². The molecule has 1 rings (SSSR count). The SMILES string of the molecule is CCCNc1cc(C)nc(CSCC(C)CC)n1. The summed E-state index contributed by atoms with van der Waals surface area (Å²) in [6, 6.07) is 2.01. The summed E-state index contributed by atoms with van der Waals surface area (Å²) < 4.78 is 0. The Morgan fingerprint density at radius 1 is 1.33 bits per heavy atom. The second-order valence-corrected chi connectivity index (χ2v) is 5.80. The molecule has 1 N–H and O–H groups in total. The van der Waals surface area contributed by atoms with E-state index in [0.717, 1.165) is 42.0 Å². The summed E-state index contributed by atoms with van der Waals surface area (Å²) in [6.45, 7) is 9.68. The Labute approximate surface area is 115 Å². The minimum Gasteiger partial charge on any atom is -0.370 e. The lowest BCUT2D eigenvalue weighted by Crippen LogP contribution is -2.06. The molecule has 1 aromatic heterocycles. The number of thioether (sulfide) groups is 1. The van der Waals surface area contributed by atoms with Gasteiger partial charge < -0.3 is 5.32 Å². The Bertz CT molecular complexity index is 355. The fraction of sp³-hybridized carbons (Fsp3) is 0.714. The lowest BCUT2D eigenvalue weighted by atomic mass is 10.2. The second kappa shape index (κ2) is 8.35. The van der Waals surface area contributed by atoms with Crippen LogP contribution in [0, 0.1) is 12.8 Å². The lowest BCUT2D eigenvalue weighted by molar-refractivity contribution is 0.636. The van der Waals surface area contributed by atoms with Gasteiger partial charge in [0, 0.05) is 18.3 Å². The van der Waals surface area contributed by atoms with E-state index in [1.54, 1.807) is 0 Å². The molecule has 102 valence electrons. The van der Waals surface area contributed by atoms with Crippen molar-refractivity contribution in [1.29, 1.82) is 0 Å². The van der Waals surface area contributed by atoms with E-state index < -0.39 is 0 Å². The molecule has 0 aliphatic rings. The molecule has 0 aliphatic heterocycles. The first-order valence-electron chi connectivity index (χ1n) is 6.81. The summed E-state index contributed by atoms with van der Waals surface area (Å²) in [5, 5.41) is 3.33. The third kappa shape index (κ3) is 5.71. The number of rotatable bonds is 8. The molecule has 0 spiro atoms. The highest BCUT2D eigenvalue weighted by Gasteiger charge is 2.04. The number of hydrogen-bond acceptors (Lipinski definition) is 4. The average molecular weight is 267 g/mol. The molecule has 0 aliphatic carbocycles. The fourth-order valence-corrected chi connectivity index (χ4v) is 2.58. The number of aromatic nitrogens is 2. The molecule has 1 aromatic rings. The standard InChI is InChI=1S/C14H25N3S/c1-5-7-15-13-8-12(4)16-14(17-13)10-18-9-11(3)6-2/h8,11H,5-7,9-10H2,1-4H3,(H,15,16,17). The topological polar surface area (TPSA) is 37.8 Å². The van der Waals surface area contributed by atoms with Gasteiger partial charge in [-0.15, -0.1) is 0 Å². The molecule has 3 nitrogen and oxygen atoms in total. The zero-order valence-electron chi connectivity index (χ0n) is 12.0. The van der Waals surface area contributed by atoms with Gasteiger partial charge in [-0.3, -0.25) is 0 Å². The Hall–Kier alpha value is -0.770. The van der Waals surface area contributed by atoms with Crippen molar-refractivity contribution in [2.45, 2.75) is 46.3 Å². The Balaban J connectivity index is 2.51. The van der Waals surface area contributed by atoms with Crippen LogP contribution in [-0.4, -0.2) is 22.3 Å². The molecule has 0 radical (unpaired) electrons. The van der Waals surface area contributed by atoms with Crippen molar-refractivity contribution < 1.29 is 0 Å². The average Bonchev–Trinajstić information content (AvgIpc) is 2.35. The molecule has 18 heavy (non-hydrogen) atoms. The van der Waals surface area contributed by atoms with E-state index in [-0.39, 0.29) is 0 Å². The summed E-state index contributed by atoms with van der Waals surface area (Å²) in [6.07, 6.45) is 2.35. The van der Waals surface area contributed by atoms with Crippen molar-refractivity contribution >= 4 is 17.6 Å². The van der Waals surface area contributed by atoms with Crippen molar-refractivity contribution in [3.8, 4) is 0 Å². The van der Waals surface area contributed by atoms with Crippen molar-refractivity contribution in [1.82, 2.24) is 9.97 Å². The van der Waals surface area contributed by atoms with Crippen molar-refractivity contribution in [3.05, 3.63) is 17.6 Å². The molecule has 1 unspecified atom stereocenters. The molecule has 0 saturated heterocycles.